The van der Waals surface area contributed by atoms with Crippen molar-refractivity contribution in [1.82, 2.24) is 45.0 Å². The first-order valence-corrected chi connectivity index (χ1v) is 23.2. The highest BCUT2D eigenvalue weighted by atomic mass is 32.1. The predicted molar refractivity (Wildman–Crippen MR) is 243 cm³/mol. The van der Waals surface area contributed by atoms with Gasteiger partial charge >= 0.3 is 12.0 Å². The van der Waals surface area contributed by atoms with Crippen molar-refractivity contribution in [2.45, 2.75) is 98.0 Å². The number of ether oxygens (including phenoxy) is 2. The van der Waals surface area contributed by atoms with E-state index in [1.54, 1.807) is 20.4 Å². The molecule has 4 aromatic rings. The van der Waals surface area contributed by atoms with E-state index in [2.05, 4.69) is 72.3 Å². The van der Waals surface area contributed by atoms with Crippen LogP contribution in [0, 0.1) is 16.7 Å². The largest absolute Gasteiger partial charge is 0.464 e. The minimum atomic E-state index is -1.03. The van der Waals surface area contributed by atoms with Gasteiger partial charge in [0.05, 0.1) is 34.8 Å². The number of methoxy groups -OCH3 is 1. The Morgan fingerprint density at radius 2 is 1.89 bits per heavy atom. The second-order valence-electron chi connectivity index (χ2n) is 19.4. The van der Waals surface area contributed by atoms with Crippen LogP contribution >= 0.6 is 11.3 Å². The van der Waals surface area contributed by atoms with Crippen molar-refractivity contribution in [3.8, 4) is 22.5 Å². The molecule has 338 valence electrons. The Balaban J connectivity index is 1.16. The smallest absolute Gasteiger partial charge is 0.324 e. The highest BCUT2D eigenvalue weighted by Crippen LogP contribution is 2.42. The van der Waals surface area contributed by atoms with E-state index in [1.807, 2.05) is 37.1 Å². The molecule has 4 aliphatic rings. The molecule has 3 aromatic heterocycles. The molecular weight excluding hydrogens is 819 g/mol. The molecule has 4 aliphatic heterocycles. The van der Waals surface area contributed by atoms with Crippen LogP contribution in [-0.4, -0.2) is 137 Å². The summed E-state index contributed by atoms with van der Waals surface area (Å²) in [4.78, 5) is 72.1. The van der Waals surface area contributed by atoms with Crippen LogP contribution in [0.4, 0.5) is 4.79 Å². The fourth-order valence-corrected chi connectivity index (χ4v) is 11.1. The number of benzene rings is 1. The van der Waals surface area contributed by atoms with Crippen molar-refractivity contribution >= 4 is 46.1 Å². The lowest BCUT2D eigenvalue weighted by Gasteiger charge is -2.60. The molecule has 4 amide bonds. The third-order valence-corrected chi connectivity index (χ3v) is 14.2. The van der Waals surface area contributed by atoms with Gasteiger partial charge in [0, 0.05) is 104 Å². The zero-order chi connectivity index (χ0) is 45.0. The maximum atomic E-state index is 14.6. The number of amides is 4. The van der Waals surface area contributed by atoms with Crippen LogP contribution in [0.25, 0.3) is 33.4 Å². The summed E-state index contributed by atoms with van der Waals surface area (Å²) in [6, 6.07) is 7.67. The summed E-state index contributed by atoms with van der Waals surface area (Å²) in [5.41, 5.74) is 9.57. The average Bonchev–Trinajstić information content (AvgIpc) is 3.83. The molecule has 7 heterocycles. The maximum absolute atomic E-state index is 14.6. The molecule has 63 heavy (non-hydrogen) atoms. The van der Waals surface area contributed by atoms with Crippen molar-refractivity contribution < 1.29 is 28.7 Å². The monoisotopic (exact) mass is 881 g/mol. The van der Waals surface area contributed by atoms with Crippen LogP contribution in [0.15, 0.2) is 41.9 Å². The van der Waals surface area contributed by atoms with E-state index >= 15 is 0 Å². The third-order valence-electron chi connectivity index (χ3n) is 13.3. The number of nitrogens with zero attached hydrogens (tertiary/aromatic N) is 7. The van der Waals surface area contributed by atoms with E-state index in [9.17, 15) is 19.2 Å². The van der Waals surface area contributed by atoms with Crippen molar-refractivity contribution in [1.29, 1.82) is 0 Å². The van der Waals surface area contributed by atoms with Crippen LogP contribution < -0.4 is 10.7 Å². The zero-order valence-corrected chi connectivity index (χ0v) is 39.0. The van der Waals surface area contributed by atoms with Gasteiger partial charge < -0.3 is 34.1 Å². The van der Waals surface area contributed by atoms with Crippen molar-refractivity contribution in [2.24, 2.45) is 16.7 Å². The molecule has 0 radical (unpaired) electrons. The number of hydrogen-bond acceptors (Lipinski definition) is 11. The molecule has 15 nitrogen and oxygen atoms in total. The summed E-state index contributed by atoms with van der Waals surface area (Å²) in [5, 5.41) is 8.24. The quantitative estimate of drug-likeness (QED) is 0.216. The predicted octanol–water partition coefficient (Wildman–Crippen LogP) is 5.53. The highest BCUT2D eigenvalue weighted by Gasteiger charge is 2.53. The molecule has 0 unspecified atom stereocenters. The number of hydrogen-bond donors (Lipinski definition) is 2. The van der Waals surface area contributed by atoms with E-state index < -0.39 is 35.4 Å². The first-order chi connectivity index (χ1) is 30.0. The topological polar surface area (TPSA) is 154 Å². The molecule has 1 aromatic carbocycles. The maximum Gasteiger partial charge on any atom is 0.324 e. The van der Waals surface area contributed by atoms with Crippen LogP contribution in [0.3, 0.4) is 0 Å². The van der Waals surface area contributed by atoms with Gasteiger partial charge in [-0.05, 0) is 75.9 Å². The SMILES string of the molecule is CCn1c(-c2cccnc2[C@H](C)OC)c2c3cc(ccc31)-c1csc(n1)C[C@H](NC(=O)[C@H](C(C)C)N(C)C(=O)N1CC3(CN(C)C3)C1)C(=O)N1CCC[C@H](N1)C(=O)OCC(C)(C)C2. The summed E-state index contributed by atoms with van der Waals surface area (Å²) in [5.74, 6) is -1.48. The number of urea groups is 1. The minimum Gasteiger partial charge on any atom is -0.464 e. The number of thiazole rings is 1. The number of nitrogens with one attached hydrogen (secondary N) is 2. The number of likely N-dealkylation sites (N-methyl/N-ethyl adjacent to an activating group) is 1. The molecule has 4 atom stereocenters. The van der Waals surface area contributed by atoms with Crippen LogP contribution in [0.1, 0.15) is 76.8 Å². The number of rotatable bonds is 8. The van der Waals surface area contributed by atoms with Gasteiger partial charge in [-0.1, -0.05) is 33.8 Å². The Morgan fingerprint density at radius 1 is 1.13 bits per heavy atom. The molecule has 0 aliphatic carbocycles. The Hall–Kier alpha value is -4.90. The molecule has 6 bridgehead atoms. The standard InChI is InChI=1S/C47H63N9O6S/c1-10-55-37-16-15-30-19-32(37)33(41(55)31-13-11-17-48-39(31)29(4)61-9)21-46(5,6)27-62-44(59)34-14-12-18-56(51-34)43(58)35(20-38-49-36(30)22-63-38)50-42(57)40(28(2)3)53(8)45(60)54-25-47(26-54)23-52(7)24-47/h11,13,15-17,19,22,28-29,34-35,40,51H,10,12,14,18,20-21,23-27H2,1-9H3,(H,50,57)/t29-,34-,35-,40-/m0/s1. The number of carbonyl (C=O) groups is 4. The summed E-state index contributed by atoms with van der Waals surface area (Å²) >= 11 is 1.43. The van der Waals surface area contributed by atoms with Crippen molar-refractivity contribution in [2.75, 3.05) is 60.5 Å². The highest BCUT2D eigenvalue weighted by molar-refractivity contribution is 7.10. The van der Waals surface area contributed by atoms with Crippen molar-refractivity contribution in [3.05, 3.63) is 58.2 Å². The van der Waals surface area contributed by atoms with Gasteiger partial charge in [0.25, 0.3) is 5.91 Å². The Kier molecular flexibility index (Phi) is 12.5. The van der Waals surface area contributed by atoms with E-state index in [1.165, 1.54) is 21.2 Å². The van der Waals surface area contributed by atoms with Gasteiger partial charge in [0.2, 0.25) is 5.91 Å². The van der Waals surface area contributed by atoms with Gasteiger partial charge in [-0.15, -0.1) is 11.3 Å². The summed E-state index contributed by atoms with van der Waals surface area (Å²) in [7, 11) is 5.44. The lowest BCUT2D eigenvalue weighted by molar-refractivity contribution is -0.155. The van der Waals surface area contributed by atoms with Gasteiger partial charge in [0.1, 0.15) is 18.1 Å². The summed E-state index contributed by atoms with van der Waals surface area (Å²) in [6.45, 7) is 16.6. The van der Waals surface area contributed by atoms with Crippen molar-refractivity contribution in [3.63, 3.8) is 0 Å². The van der Waals surface area contributed by atoms with Gasteiger partial charge in [-0.2, -0.15) is 0 Å². The zero-order valence-electron chi connectivity index (χ0n) is 38.2. The number of likely N-dealkylation sites (tertiary alicyclic amines) is 2. The van der Waals surface area contributed by atoms with E-state index in [4.69, 9.17) is 19.4 Å². The Morgan fingerprint density at radius 3 is 2.59 bits per heavy atom. The molecule has 8 rings (SSSR count). The lowest BCUT2D eigenvalue weighted by atomic mass is 9.73. The molecule has 3 saturated heterocycles. The third kappa shape index (κ3) is 8.71. The first-order valence-electron chi connectivity index (χ1n) is 22.3. The fourth-order valence-electron chi connectivity index (χ4n) is 10.3. The number of pyridine rings is 1. The number of aryl methyl sites for hydroxylation is 1. The second-order valence-corrected chi connectivity index (χ2v) is 20.3. The number of cyclic esters (lactones) is 1. The molecule has 1 spiro atoms. The van der Waals surface area contributed by atoms with Crippen LogP contribution in [-0.2, 0) is 43.2 Å². The van der Waals surface area contributed by atoms with E-state index in [0.717, 1.165) is 57.8 Å². The lowest BCUT2D eigenvalue weighted by Crippen LogP contribution is -2.73. The Labute approximate surface area is 374 Å². The summed E-state index contributed by atoms with van der Waals surface area (Å²) < 4.78 is 14.3. The van der Waals surface area contributed by atoms with Crippen LogP contribution in [0.5, 0.6) is 0 Å². The Bertz CT molecular complexity index is 2380. The van der Waals surface area contributed by atoms with Gasteiger partial charge in [-0.3, -0.25) is 24.4 Å². The molecule has 3 fully saturated rings. The fraction of sp³-hybridized carbons (Fsp3) is 0.574. The molecule has 2 N–H and O–H groups in total. The number of fused-ring (bicyclic) bond motifs is 6. The second kappa shape index (κ2) is 17.6. The van der Waals surface area contributed by atoms with Gasteiger partial charge in [0.15, 0.2) is 0 Å². The number of carbonyl (C=O) groups excluding carboxylic acids is 4. The molecule has 0 saturated carbocycles. The minimum absolute atomic E-state index is 0.118. The molecular formula is C47H63N9O6S. The number of esters is 1. The first kappa shape index (κ1) is 44.7. The van der Waals surface area contributed by atoms with Gasteiger partial charge in [-0.25, -0.2) is 15.2 Å². The van der Waals surface area contributed by atoms with Crippen LogP contribution in [0.2, 0.25) is 0 Å². The average molecular weight is 882 g/mol. The van der Waals surface area contributed by atoms with E-state index in [0.29, 0.717) is 50.4 Å². The number of hydrazine groups is 1. The van der Waals surface area contributed by atoms with E-state index in [-0.39, 0.29) is 42.4 Å². The number of aromatic nitrogens is 3. The summed E-state index contributed by atoms with van der Waals surface area (Å²) in [6.07, 6.45) is 3.32. The molecule has 16 heteroatoms. The normalized spacial score (nSPS) is 22.3.